The molecule has 0 radical (unpaired) electrons. The van der Waals surface area contributed by atoms with Crippen molar-refractivity contribution in [1.29, 1.82) is 0 Å². The fraction of sp³-hybridized carbons (Fsp3) is 0. The Labute approximate surface area is 210 Å². The van der Waals surface area contributed by atoms with Crippen molar-refractivity contribution in [1.82, 2.24) is 0 Å². The highest BCUT2D eigenvalue weighted by molar-refractivity contribution is 6.24. The summed E-state index contributed by atoms with van der Waals surface area (Å²) in [6.45, 7) is 0. The second-order valence-corrected chi connectivity index (χ2v) is 9.68. The van der Waals surface area contributed by atoms with Crippen molar-refractivity contribution >= 4 is 32.3 Å². The van der Waals surface area contributed by atoms with Crippen LogP contribution in [0.25, 0.3) is 76.8 Å². The fourth-order valence-electron chi connectivity index (χ4n) is 6.27. The van der Waals surface area contributed by atoms with Gasteiger partial charge >= 0.3 is 0 Å². The van der Waals surface area contributed by atoms with E-state index in [9.17, 15) is 0 Å². The quantitative estimate of drug-likeness (QED) is 0.228. The molecule has 0 bridgehead atoms. The normalized spacial score (nSPS) is 11.9. The van der Waals surface area contributed by atoms with Gasteiger partial charge in [-0.25, -0.2) is 0 Å². The van der Waals surface area contributed by atoms with E-state index < -0.39 is 0 Å². The van der Waals surface area contributed by atoms with E-state index in [0.29, 0.717) is 0 Å². The lowest BCUT2D eigenvalue weighted by Gasteiger charge is -2.19. The van der Waals surface area contributed by atoms with Crippen molar-refractivity contribution < 1.29 is 0 Å². The van der Waals surface area contributed by atoms with Gasteiger partial charge in [0.15, 0.2) is 0 Å². The Morgan fingerprint density at radius 1 is 0.306 bits per heavy atom. The van der Waals surface area contributed by atoms with Gasteiger partial charge in [0.25, 0.3) is 0 Å². The lowest BCUT2D eigenvalue weighted by Crippen LogP contribution is -1.92. The summed E-state index contributed by atoms with van der Waals surface area (Å²) >= 11 is 0. The Bertz CT molecular complexity index is 1980. The summed E-state index contributed by atoms with van der Waals surface area (Å²) in [6.07, 6.45) is 0. The van der Waals surface area contributed by atoms with Crippen LogP contribution >= 0.6 is 0 Å². The summed E-state index contributed by atoms with van der Waals surface area (Å²) in [5.74, 6) is 0. The van der Waals surface area contributed by atoms with Gasteiger partial charge in [-0.05, 0) is 82.9 Å². The molecule has 0 heterocycles. The molecule has 0 saturated carbocycles. The summed E-state index contributed by atoms with van der Waals surface area (Å²) in [7, 11) is 0. The lowest BCUT2D eigenvalue weighted by molar-refractivity contribution is 1.62. The van der Waals surface area contributed by atoms with Crippen LogP contribution in [0, 0.1) is 0 Å². The first kappa shape index (κ1) is 19.6. The maximum atomic E-state index is 2.40. The SMILES string of the molecule is c1ccc(-c2cc3cccc4c3c(c2-c2cccc3c2ccc2ccccc23)-c2ccccc2-4)cc1. The predicted octanol–water partition coefficient (Wildman–Crippen LogP) is 10.1. The van der Waals surface area contributed by atoms with E-state index in [1.165, 1.54) is 76.8 Å². The van der Waals surface area contributed by atoms with Crippen LogP contribution in [0.1, 0.15) is 0 Å². The molecule has 0 nitrogen and oxygen atoms in total. The summed E-state index contributed by atoms with van der Waals surface area (Å²) in [5.41, 5.74) is 10.5. The molecule has 1 aliphatic rings. The maximum absolute atomic E-state index is 2.40. The Kier molecular flexibility index (Phi) is 4.03. The highest BCUT2D eigenvalue weighted by Crippen LogP contribution is 2.54. The zero-order valence-corrected chi connectivity index (χ0v) is 19.7. The molecule has 8 rings (SSSR count). The molecule has 0 atom stereocenters. The smallest absolute Gasteiger partial charge is 0.000785 e. The van der Waals surface area contributed by atoms with Crippen molar-refractivity contribution in [3.05, 3.63) is 133 Å². The van der Waals surface area contributed by atoms with Crippen LogP contribution in [-0.4, -0.2) is 0 Å². The van der Waals surface area contributed by atoms with Gasteiger partial charge in [0, 0.05) is 0 Å². The molecular formula is C36H22. The summed E-state index contributed by atoms with van der Waals surface area (Å²) in [4.78, 5) is 0. The first-order valence-electron chi connectivity index (χ1n) is 12.5. The number of hydrogen-bond acceptors (Lipinski definition) is 0. The van der Waals surface area contributed by atoms with E-state index in [4.69, 9.17) is 0 Å². The van der Waals surface area contributed by atoms with Crippen molar-refractivity contribution in [2.75, 3.05) is 0 Å². The second-order valence-electron chi connectivity index (χ2n) is 9.68. The van der Waals surface area contributed by atoms with Crippen LogP contribution in [0.3, 0.4) is 0 Å². The lowest BCUT2D eigenvalue weighted by atomic mass is 9.84. The Morgan fingerprint density at radius 3 is 1.89 bits per heavy atom. The summed E-state index contributed by atoms with van der Waals surface area (Å²) < 4.78 is 0. The van der Waals surface area contributed by atoms with Gasteiger partial charge in [-0.3, -0.25) is 0 Å². The van der Waals surface area contributed by atoms with Crippen LogP contribution in [-0.2, 0) is 0 Å². The first-order chi connectivity index (χ1) is 17.9. The van der Waals surface area contributed by atoms with Crippen molar-refractivity contribution in [2.24, 2.45) is 0 Å². The maximum Gasteiger partial charge on any atom is -0.000785 e. The van der Waals surface area contributed by atoms with E-state index in [2.05, 4.69) is 133 Å². The van der Waals surface area contributed by atoms with Gasteiger partial charge < -0.3 is 0 Å². The molecule has 36 heavy (non-hydrogen) atoms. The first-order valence-corrected chi connectivity index (χ1v) is 12.5. The molecule has 7 aromatic carbocycles. The molecule has 0 aliphatic heterocycles. The molecule has 0 aromatic heterocycles. The molecule has 1 aliphatic carbocycles. The van der Waals surface area contributed by atoms with Crippen LogP contribution in [0.2, 0.25) is 0 Å². The molecule has 0 saturated heterocycles. The van der Waals surface area contributed by atoms with E-state index >= 15 is 0 Å². The zero-order valence-electron chi connectivity index (χ0n) is 19.7. The van der Waals surface area contributed by atoms with Gasteiger partial charge in [-0.2, -0.15) is 0 Å². The van der Waals surface area contributed by atoms with E-state index in [1.807, 2.05) is 0 Å². The van der Waals surface area contributed by atoms with Crippen molar-refractivity contribution in [3.63, 3.8) is 0 Å². The Balaban J connectivity index is 1.59. The minimum atomic E-state index is 1.25. The third-order valence-corrected chi connectivity index (χ3v) is 7.79. The fourth-order valence-corrected chi connectivity index (χ4v) is 6.27. The standard InChI is InChI=1S/C36H22/c1-2-10-23(11-3-1)33-22-25-13-8-18-30-28-15-6-7-16-32(28)36(34(25)30)35(33)31-19-9-17-27-26-14-5-4-12-24(26)20-21-29(27)31/h1-22H. The molecule has 0 heteroatoms. The third-order valence-electron chi connectivity index (χ3n) is 7.79. The van der Waals surface area contributed by atoms with Gasteiger partial charge in [-0.15, -0.1) is 0 Å². The monoisotopic (exact) mass is 454 g/mol. The number of benzene rings is 7. The van der Waals surface area contributed by atoms with Crippen LogP contribution < -0.4 is 0 Å². The van der Waals surface area contributed by atoms with Crippen LogP contribution in [0.15, 0.2) is 133 Å². The molecule has 166 valence electrons. The van der Waals surface area contributed by atoms with Crippen LogP contribution in [0.4, 0.5) is 0 Å². The molecule has 0 N–H and O–H groups in total. The zero-order chi connectivity index (χ0) is 23.6. The molecule has 7 aromatic rings. The predicted molar refractivity (Wildman–Crippen MR) is 154 cm³/mol. The van der Waals surface area contributed by atoms with Crippen molar-refractivity contribution in [3.8, 4) is 44.5 Å². The average Bonchev–Trinajstić information content (AvgIpc) is 3.29. The molecule has 0 spiro atoms. The summed E-state index contributed by atoms with van der Waals surface area (Å²) in [6, 6.07) is 49.0. The van der Waals surface area contributed by atoms with E-state index in [0.717, 1.165) is 0 Å². The Morgan fingerprint density at radius 2 is 0.972 bits per heavy atom. The summed E-state index contributed by atoms with van der Waals surface area (Å²) in [5, 5.41) is 7.85. The largest absolute Gasteiger partial charge is 0.0622 e. The van der Waals surface area contributed by atoms with E-state index in [-0.39, 0.29) is 0 Å². The second kappa shape index (κ2) is 7.41. The number of hydrogen-bond donors (Lipinski definition) is 0. The third kappa shape index (κ3) is 2.64. The number of fused-ring (bicyclic) bond motifs is 6. The number of rotatable bonds is 2. The highest BCUT2D eigenvalue weighted by Gasteiger charge is 2.27. The minimum Gasteiger partial charge on any atom is -0.0622 e. The Hall–Kier alpha value is -4.68. The molecule has 0 amide bonds. The van der Waals surface area contributed by atoms with E-state index in [1.54, 1.807) is 0 Å². The molecular weight excluding hydrogens is 432 g/mol. The highest BCUT2D eigenvalue weighted by atomic mass is 14.3. The van der Waals surface area contributed by atoms with Gasteiger partial charge in [0.2, 0.25) is 0 Å². The minimum absolute atomic E-state index is 1.25. The van der Waals surface area contributed by atoms with Gasteiger partial charge in [0.1, 0.15) is 0 Å². The van der Waals surface area contributed by atoms with Gasteiger partial charge in [-0.1, -0.05) is 127 Å². The average molecular weight is 455 g/mol. The van der Waals surface area contributed by atoms with Gasteiger partial charge in [0.05, 0.1) is 0 Å². The van der Waals surface area contributed by atoms with Crippen LogP contribution in [0.5, 0.6) is 0 Å². The molecule has 0 fully saturated rings. The van der Waals surface area contributed by atoms with Crippen molar-refractivity contribution in [2.45, 2.75) is 0 Å². The topological polar surface area (TPSA) is 0 Å². The molecule has 0 unspecified atom stereocenters.